The summed E-state index contributed by atoms with van der Waals surface area (Å²) in [5, 5.41) is 3.41. The summed E-state index contributed by atoms with van der Waals surface area (Å²) in [7, 11) is 3.22. The minimum atomic E-state index is -0.0821. The van der Waals surface area contributed by atoms with Crippen LogP contribution < -0.4 is 5.32 Å². The first-order valence-corrected chi connectivity index (χ1v) is 9.53. The van der Waals surface area contributed by atoms with Crippen LogP contribution in [0, 0.1) is 5.92 Å². The molecule has 7 heteroatoms. The topological polar surface area (TPSA) is 66.4 Å². The number of methoxy groups -OCH3 is 2. The minimum Gasteiger partial charge on any atom is -0.469 e. The van der Waals surface area contributed by atoms with Crippen LogP contribution in [0.3, 0.4) is 0 Å². The smallest absolute Gasteiger partial charge is 0.308 e. The molecular formula is C18H34N4O3. The third kappa shape index (κ3) is 5.85. The highest BCUT2D eigenvalue weighted by molar-refractivity contribution is 5.80. The molecule has 0 aromatic heterocycles. The van der Waals surface area contributed by atoms with Crippen LogP contribution in [0.15, 0.2) is 4.99 Å². The molecule has 0 spiro atoms. The zero-order valence-electron chi connectivity index (χ0n) is 16.0. The average Bonchev–Trinajstić information content (AvgIpc) is 3.10. The number of guanidine groups is 1. The fourth-order valence-electron chi connectivity index (χ4n) is 3.72. The molecule has 0 bridgehead atoms. The number of carbonyl (C=O) groups excluding carboxylic acids is 1. The largest absolute Gasteiger partial charge is 0.469 e. The molecule has 2 fully saturated rings. The third-order valence-electron chi connectivity index (χ3n) is 5.20. The summed E-state index contributed by atoms with van der Waals surface area (Å²) in [6.45, 7) is 8.38. The van der Waals surface area contributed by atoms with E-state index in [2.05, 4.69) is 22.0 Å². The number of nitrogens with zero attached hydrogens (tertiary/aromatic N) is 3. The molecule has 0 amide bonds. The molecule has 2 aliphatic heterocycles. The second kappa shape index (κ2) is 10.6. The first-order chi connectivity index (χ1) is 12.2. The Morgan fingerprint density at radius 3 is 2.60 bits per heavy atom. The van der Waals surface area contributed by atoms with Gasteiger partial charge < -0.3 is 19.7 Å². The van der Waals surface area contributed by atoms with Crippen molar-refractivity contribution in [2.24, 2.45) is 10.9 Å². The molecule has 0 aliphatic carbocycles. The lowest BCUT2D eigenvalue weighted by Crippen LogP contribution is -2.47. The normalized spacial score (nSPS) is 23.1. The summed E-state index contributed by atoms with van der Waals surface area (Å²) in [6, 6.07) is 0.511. The predicted octanol–water partition coefficient (Wildman–Crippen LogP) is 0.948. The molecule has 0 aromatic carbocycles. The van der Waals surface area contributed by atoms with Gasteiger partial charge in [-0.3, -0.25) is 14.7 Å². The van der Waals surface area contributed by atoms with Crippen LogP contribution in [0.4, 0.5) is 0 Å². The van der Waals surface area contributed by atoms with E-state index in [9.17, 15) is 4.79 Å². The summed E-state index contributed by atoms with van der Waals surface area (Å²) >= 11 is 0. The Morgan fingerprint density at radius 1 is 1.20 bits per heavy atom. The van der Waals surface area contributed by atoms with Crippen molar-refractivity contribution in [3.8, 4) is 0 Å². The molecule has 0 aromatic rings. The Morgan fingerprint density at radius 2 is 1.96 bits per heavy atom. The Balaban J connectivity index is 1.89. The van der Waals surface area contributed by atoms with Crippen molar-refractivity contribution in [2.45, 2.75) is 38.6 Å². The van der Waals surface area contributed by atoms with E-state index in [1.54, 1.807) is 7.11 Å². The van der Waals surface area contributed by atoms with Crippen LogP contribution in [0.1, 0.15) is 32.6 Å². The van der Waals surface area contributed by atoms with Crippen LogP contribution in [0.5, 0.6) is 0 Å². The highest BCUT2D eigenvalue weighted by Crippen LogP contribution is 2.20. The van der Waals surface area contributed by atoms with Gasteiger partial charge in [0, 0.05) is 39.3 Å². The molecule has 1 atom stereocenters. The lowest BCUT2D eigenvalue weighted by atomic mass is 9.97. The zero-order valence-corrected chi connectivity index (χ0v) is 16.0. The van der Waals surface area contributed by atoms with E-state index in [4.69, 9.17) is 14.5 Å². The zero-order chi connectivity index (χ0) is 18.1. The highest BCUT2D eigenvalue weighted by atomic mass is 16.5. The van der Waals surface area contributed by atoms with Crippen LogP contribution in [0.2, 0.25) is 0 Å². The van der Waals surface area contributed by atoms with E-state index >= 15 is 0 Å². The molecule has 144 valence electrons. The fraction of sp³-hybridized carbons (Fsp3) is 0.889. The van der Waals surface area contributed by atoms with Gasteiger partial charge in [0.1, 0.15) is 0 Å². The average molecular weight is 354 g/mol. The van der Waals surface area contributed by atoms with Crippen molar-refractivity contribution in [2.75, 3.05) is 60.1 Å². The Hall–Kier alpha value is -1.34. The highest BCUT2D eigenvalue weighted by Gasteiger charge is 2.28. The molecule has 7 nitrogen and oxygen atoms in total. The monoisotopic (exact) mass is 354 g/mol. The molecule has 2 heterocycles. The number of rotatable bonds is 7. The number of aliphatic imine (C=N–C) groups is 1. The predicted molar refractivity (Wildman–Crippen MR) is 98.8 cm³/mol. The number of hydrogen-bond acceptors (Lipinski definition) is 5. The molecule has 2 aliphatic rings. The lowest BCUT2D eigenvalue weighted by Gasteiger charge is -2.33. The van der Waals surface area contributed by atoms with Gasteiger partial charge in [-0.1, -0.05) is 0 Å². The van der Waals surface area contributed by atoms with Gasteiger partial charge in [0.25, 0.3) is 0 Å². The van der Waals surface area contributed by atoms with Gasteiger partial charge in [-0.05, 0) is 39.2 Å². The van der Waals surface area contributed by atoms with Gasteiger partial charge in [0.2, 0.25) is 0 Å². The van der Waals surface area contributed by atoms with Crippen molar-refractivity contribution < 1.29 is 14.3 Å². The molecule has 25 heavy (non-hydrogen) atoms. The number of hydrogen-bond donors (Lipinski definition) is 1. The van der Waals surface area contributed by atoms with E-state index < -0.39 is 0 Å². The van der Waals surface area contributed by atoms with Gasteiger partial charge in [-0.15, -0.1) is 0 Å². The number of likely N-dealkylation sites (tertiary alicyclic amines) is 2. The van der Waals surface area contributed by atoms with Gasteiger partial charge in [-0.25, -0.2) is 0 Å². The first-order valence-electron chi connectivity index (χ1n) is 9.53. The second-order valence-electron chi connectivity index (χ2n) is 6.80. The first kappa shape index (κ1) is 20.0. The van der Waals surface area contributed by atoms with Crippen molar-refractivity contribution in [3.63, 3.8) is 0 Å². The Kier molecular flexibility index (Phi) is 8.48. The molecule has 1 N–H and O–H groups in total. The van der Waals surface area contributed by atoms with E-state index in [0.717, 1.165) is 64.7 Å². The number of piperidine rings is 1. The number of nitrogens with one attached hydrogen (secondary N) is 1. The molecule has 2 rings (SSSR count). The van der Waals surface area contributed by atoms with Gasteiger partial charge in [0.05, 0.1) is 26.2 Å². The van der Waals surface area contributed by atoms with Crippen LogP contribution in [-0.2, 0) is 14.3 Å². The van der Waals surface area contributed by atoms with Crippen molar-refractivity contribution in [1.82, 2.24) is 15.1 Å². The van der Waals surface area contributed by atoms with E-state index in [-0.39, 0.29) is 11.9 Å². The van der Waals surface area contributed by atoms with E-state index in [1.165, 1.54) is 20.0 Å². The maximum atomic E-state index is 11.7. The molecular weight excluding hydrogens is 320 g/mol. The standard InChI is InChI=1S/C18H34N4O3/c1-4-19-18(22-10-7-15(8-11-22)17(23)25-3)20-14-16-6-5-9-21(16)12-13-24-2/h15-16H,4-14H2,1-3H3,(H,19,20). The van der Waals surface area contributed by atoms with Crippen LogP contribution in [0.25, 0.3) is 0 Å². The summed E-state index contributed by atoms with van der Waals surface area (Å²) in [6.07, 6.45) is 4.11. The molecule has 0 saturated carbocycles. The minimum absolute atomic E-state index is 0.0310. The van der Waals surface area contributed by atoms with Crippen LogP contribution >= 0.6 is 0 Å². The van der Waals surface area contributed by atoms with E-state index in [0.29, 0.717) is 6.04 Å². The fourth-order valence-corrected chi connectivity index (χ4v) is 3.72. The van der Waals surface area contributed by atoms with E-state index in [1.807, 2.05) is 0 Å². The summed E-state index contributed by atoms with van der Waals surface area (Å²) in [5.74, 6) is 0.925. The van der Waals surface area contributed by atoms with Crippen molar-refractivity contribution in [1.29, 1.82) is 0 Å². The number of carbonyl (C=O) groups is 1. The van der Waals surface area contributed by atoms with Gasteiger partial charge in [0.15, 0.2) is 5.96 Å². The lowest BCUT2D eigenvalue weighted by molar-refractivity contribution is -0.146. The van der Waals surface area contributed by atoms with Crippen molar-refractivity contribution in [3.05, 3.63) is 0 Å². The third-order valence-corrected chi connectivity index (χ3v) is 5.20. The maximum absolute atomic E-state index is 11.7. The number of esters is 1. The Labute approximate surface area is 151 Å². The van der Waals surface area contributed by atoms with Crippen LogP contribution in [-0.4, -0.2) is 87.9 Å². The van der Waals surface area contributed by atoms with Gasteiger partial charge >= 0.3 is 5.97 Å². The summed E-state index contributed by atoms with van der Waals surface area (Å²) in [4.78, 5) is 21.4. The summed E-state index contributed by atoms with van der Waals surface area (Å²) < 4.78 is 10.1. The SMILES string of the molecule is CCNC(=NCC1CCCN1CCOC)N1CCC(C(=O)OC)CC1. The molecule has 1 unspecified atom stereocenters. The molecule has 2 saturated heterocycles. The van der Waals surface area contributed by atoms with Crippen molar-refractivity contribution >= 4 is 11.9 Å². The molecule has 0 radical (unpaired) electrons. The Bertz CT molecular complexity index is 436. The summed E-state index contributed by atoms with van der Waals surface area (Å²) in [5.41, 5.74) is 0. The number of ether oxygens (including phenoxy) is 2. The quantitative estimate of drug-likeness (QED) is 0.417. The second-order valence-corrected chi connectivity index (χ2v) is 6.80. The maximum Gasteiger partial charge on any atom is 0.308 e. The van der Waals surface area contributed by atoms with Gasteiger partial charge in [-0.2, -0.15) is 0 Å².